The second kappa shape index (κ2) is 6.39. The molecular formula is C20H22BFN2O4S. The van der Waals surface area contributed by atoms with Crippen molar-refractivity contribution in [2.45, 2.75) is 50.7 Å². The van der Waals surface area contributed by atoms with Crippen LogP contribution in [-0.4, -0.2) is 35.7 Å². The molecule has 3 heterocycles. The molecule has 0 spiro atoms. The van der Waals surface area contributed by atoms with Crippen LogP contribution in [0, 0.1) is 12.7 Å². The summed E-state index contributed by atoms with van der Waals surface area (Å²) in [4.78, 5) is 4.24. The van der Waals surface area contributed by atoms with Gasteiger partial charge in [0.2, 0.25) is 0 Å². The van der Waals surface area contributed by atoms with Gasteiger partial charge in [0.05, 0.1) is 33.3 Å². The molecule has 1 saturated heterocycles. The van der Waals surface area contributed by atoms with Gasteiger partial charge >= 0.3 is 7.12 Å². The lowest BCUT2D eigenvalue weighted by molar-refractivity contribution is 0.00578. The first-order chi connectivity index (χ1) is 13.4. The van der Waals surface area contributed by atoms with Crippen molar-refractivity contribution in [1.29, 1.82) is 0 Å². The van der Waals surface area contributed by atoms with E-state index in [1.807, 2.05) is 34.6 Å². The second-order valence-corrected chi connectivity index (χ2v) is 10.1. The molecule has 2 aromatic heterocycles. The van der Waals surface area contributed by atoms with Crippen LogP contribution >= 0.6 is 0 Å². The maximum absolute atomic E-state index is 14.0. The molecule has 0 atom stereocenters. The molecule has 0 bridgehead atoms. The Bertz CT molecular complexity index is 1190. The lowest BCUT2D eigenvalue weighted by atomic mass is 9.80. The van der Waals surface area contributed by atoms with E-state index in [9.17, 15) is 12.8 Å². The number of pyridine rings is 1. The van der Waals surface area contributed by atoms with Crippen LogP contribution in [0.3, 0.4) is 0 Å². The Hall–Kier alpha value is -2.23. The number of nitrogens with zero attached hydrogens (tertiary/aromatic N) is 2. The van der Waals surface area contributed by atoms with Crippen molar-refractivity contribution >= 4 is 33.6 Å². The van der Waals surface area contributed by atoms with E-state index in [1.54, 1.807) is 12.1 Å². The number of aromatic nitrogens is 2. The summed E-state index contributed by atoms with van der Waals surface area (Å²) in [5.41, 5.74) is 0.612. The molecule has 4 rings (SSSR count). The van der Waals surface area contributed by atoms with Crippen molar-refractivity contribution < 1.29 is 22.1 Å². The number of halogens is 1. The molecule has 0 amide bonds. The van der Waals surface area contributed by atoms with Gasteiger partial charge in [0.1, 0.15) is 5.82 Å². The minimum atomic E-state index is -3.97. The highest BCUT2D eigenvalue weighted by Crippen LogP contribution is 2.37. The van der Waals surface area contributed by atoms with Crippen molar-refractivity contribution in [1.82, 2.24) is 8.96 Å². The van der Waals surface area contributed by atoms with Crippen LogP contribution < -0.4 is 5.46 Å². The molecule has 9 heteroatoms. The minimum absolute atomic E-state index is 0.102. The van der Waals surface area contributed by atoms with E-state index in [0.717, 1.165) is 21.8 Å². The van der Waals surface area contributed by atoms with Gasteiger partial charge in [-0.25, -0.2) is 16.8 Å². The van der Waals surface area contributed by atoms with Crippen LogP contribution in [0.15, 0.2) is 47.6 Å². The topological polar surface area (TPSA) is 70.4 Å². The average Bonchev–Trinajstić information content (AvgIpc) is 3.09. The maximum Gasteiger partial charge on any atom is 0.498 e. The zero-order valence-electron chi connectivity index (χ0n) is 16.9. The van der Waals surface area contributed by atoms with Gasteiger partial charge in [-0.2, -0.15) is 0 Å². The third-order valence-electron chi connectivity index (χ3n) is 5.69. The van der Waals surface area contributed by atoms with E-state index >= 15 is 0 Å². The SMILES string of the molecule is Cc1ccc(S(=O)(=O)n2cc(B3OC(C)(C)C(C)(C)O3)c3ncc(F)cc32)cc1. The average molecular weight is 416 g/mol. The van der Waals surface area contributed by atoms with Crippen LogP contribution in [0.5, 0.6) is 0 Å². The fraction of sp³-hybridized carbons (Fsp3) is 0.350. The Morgan fingerprint density at radius 1 is 1.07 bits per heavy atom. The van der Waals surface area contributed by atoms with E-state index in [2.05, 4.69) is 4.98 Å². The molecule has 0 unspecified atom stereocenters. The first-order valence-electron chi connectivity index (χ1n) is 9.27. The van der Waals surface area contributed by atoms with Crippen molar-refractivity contribution in [2.75, 3.05) is 0 Å². The smallest absolute Gasteiger partial charge is 0.399 e. The van der Waals surface area contributed by atoms with E-state index in [0.29, 0.717) is 11.0 Å². The second-order valence-electron chi connectivity index (χ2n) is 8.31. The molecular weight excluding hydrogens is 394 g/mol. The van der Waals surface area contributed by atoms with Gasteiger partial charge in [0, 0.05) is 17.7 Å². The van der Waals surface area contributed by atoms with Crippen molar-refractivity contribution in [3.8, 4) is 0 Å². The molecule has 152 valence electrons. The van der Waals surface area contributed by atoms with Gasteiger partial charge < -0.3 is 9.31 Å². The fourth-order valence-corrected chi connectivity index (χ4v) is 4.60. The molecule has 29 heavy (non-hydrogen) atoms. The van der Waals surface area contributed by atoms with Crippen molar-refractivity contribution in [3.05, 3.63) is 54.1 Å². The summed E-state index contributed by atoms with van der Waals surface area (Å²) in [6.45, 7) is 9.49. The first kappa shape index (κ1) is 20.1. The third kappa shape index (κ3) is 3.17. The number of rotatable bonds is 3. The Kier molecular flexibility index (Phi) is 4.42. The molecule has 0 saturated carbocycles. The maximum atomic E-state index is 14.0. The molecule has 1 aliphatic heterocycles. The number of aryl methyl sites for hydroxylation is 1. The lowest BCUT2D eigenvalue weighted by Crippen LogP contribution is -2.41. The van der Waals surface area contributed by atoms with Gasteiger partial charge in [-0.3, -0.25) is 4.98 Å². The summed E-state index contributed by atoms with van der Waals surface area (Å²) in [5, 5.41) is 0. The Labute approximate surface area is 169 Å². The van der Waals surface area contributed by atoms with E-state index in [-0.39, 0.29) is 10.4 Å². The zero-order chi connectivity index (χ0) is 21.2. The predicted octanol–water partition coefficient (Wildman–Crippen LogP) is 3.02. The summed E-state index contributed by atoms with van der Waals surface area (Å²) < 4.78 is 53.7. The van der Waals surface area contributed by atoms with Crippen LogP contribution in [0.1, 0.15) is 33.3 Å². The van der Waals surface area contributed by atoms with Crippen LogP contribution in [0.2, 0.25) is 0 Å². The van der Waals surface area contributed by atoms with Gasteiger partial charge in [-0.05, 0) is 46.8 Å². The Morgan fingerprint density at radius 2 is 1.66 bits per heavy atom. The highest BCUT2D eigenvalue weighted by atomic mass is 32.2. The molecule has 0 aliphatic carbocycles. The van der Waals surface area contributed by atoms with E-state index < -0.39 is 34.2 Å². The molecule has 0 N–H and O–H groups in total. The van der Waals surface area contributed by atoms with Crippen LogP contribution in [0.4, 0.5) is 4.39 Å². The van der Waals surface area contributed by atoms with Crippen molar-refractivity contribution in [3.63, 3.8) is 0 Å². The van der Waals surface area contributed by atoms with E-state index in [1.165, 1.54) is 18.3 Å². The fourth-order valence-electron chi connectivity index (χ4n) is 3.24. The summed E-state index contributed by atoms with van der Waals surface area (Å²) in [5.74, 6) is -0.628. The number of fused-ring (bicyclic) bond motifs is 1. The molecule has 1 aliphatic rings. The summed E-state index contributed by atoms with van der Waals surface area (Å²) in [6.07, 6.45) is 2.47. The standard InChI is InChI=1S/C20H22BFN2O4S/c1-13-6-8-15(9-7-13)29(25,26)24-12-16(18-17(24)10-14(22)11-23-18)21-27-19(2,3)20(4,5)28-21/h6-12H,1-5H3. The molecule has 6 nitrogen and oxygen atoms in total. The van der Waals surface area contributed by atoms with Gasteiger partial charge in [0.15, 0.2) is 0 Å². The molecule has 1 fully saturated rings. The molecule has 1 aromatic carbocycles. The summed E-state index contributed by atoms with van der Waals surface area (Å²) >= 11 is 0. The lowest BCUT2D eigenvalue weighted by Gasteiger charge is -2.32. The van der Waals surface area contributed by atoms with Gasteiger partial charge in [-0.1, -0.05) is 17.7 Å². The number of hydrogen-bond donors (Lipinski definition) is 0. The highest BCUT2D eigenvalue weighted by molar-refractivity contribution is 7.90. The normalized spacial score (nSPS) is 18.5. The van der Waals surface area contributed by atoms with Gasteiger partial charge in [0.25, 0.3) is 10.0 Å². The first-order valence-corrected chi connectivity index (χ1v) is 10.7. The van der Waals surface area contributed by atoms with Gasteiger partial charge in [-0.15, -0.1) is 0 Å². The number of benzene rings is 1. The van der Waals surface area contributed by atoms with Crippen LogP contribution in [0.25, 0.3) is 11.0 Å². The predicted molar refractivity (Wildman–Crippen MR) is 109 cm³/mol. The summed E-state index contributed by atoms with van der Waals surface area (Å²) in [7, 11) is -4.79. The quantitative estimate of drug-likeness (QED) is 0.614. The summed E-state index contributed by atoms with van der Waals surface area (Å²) in [6, 6.07) is 7.64. The monoisotopic (exact) mass is 416 g/mol. The highest BCUT2D eigenvalue weighted by Gasteiger charge is 2.52. The number of hydrogen-bond acceptors (Lipinski definition) is 5. The van der Waals surface area contributed by atoms with E-state index in [4.69, 9.17) is 9.31 Å². The minimum Gasteiger partial charge on any atom is -0.399 e. The largest absolute Gasteiger partial charge is 0.498 e. The Morgan fingerprint density at radius 3 is 2.24 bits per heavy atom. The van der Waals surface area contributed by atoms with Crippen LogP contribution in [-0.2, 0) is 19.3 Å². The Balaban J connectivity index is 1.91. The zero-order valence-corrected chi connectivity index (χ0v) is 17.7. The third-order valence-corrected chi connectivity index (χ3v) is 7.37. The molecule has 0 radical (unpaired) electrons. The van der Waals surface area contributed by atoms with Crippen molar-refractivity contribution in [2.24, 2.45) is 0 Å². The molecule has 3 aromatic rings.